The highest BCUT2D eigenvalue weighted by Gasteiger charge is 2.64. The van der Waals surface area contributed by atoms with E-state index in [1.165, 1.54) is 25.7 Å². The summed E-state index contributed by atoms with van der Waals surface area (Å²) in [6.07, 6.45) is 9.86. The van der Waals surface area contributed by atoms with E-state index in [4.69, 9.17) is 0 Å². The van der Waals surface area contributed by atoms with E-state index in [-0.39, 0.29) is 11.5 Å². The van der Waals surface area contributed by atoms with Gasteiger partial charge in [0.2, 0.25) is 0 Å². The number of hydrogen-bond donors (Lipinski definition) is 2. The minimum atomic E-state index is -0.862. The van der Waals surface area contributed by atoms with E-state index in [2.05, 4.69) is 25.7 Å². The van der Waals surface area contributed by atoms with Gasteiger partial charge in [0.05, 0.1) is 6.10 Å². The van der Waals surface area contributed by atoms with E-state index < -0.39 is 5.60 Å². The van der Waals surface area contributed by atoms with Crippen molar-refractivity contribution in [3.8, 4) is 11.8 Å². The van der Waals surface area contributed by atoms with Crippen molar-refractivity contribution in [3.63, 3.8) is 0 Å². The Bertz CT molecular complexity index is 822. The van der Waals surface area contributed by atoms with E-state index in [9.17, 15) is 10.2 Å². The van der Waals surface area contributed by atoms with Gasteiger partial charge in [-0.15, -0.1) is 0 Å². The smallest absolute Gasteiger partial charge is 0.131 e. The predicted octanol–water partition coefficient (Wildman–Crippen LogP) is 5.17. The normalized spacial score (nSPS) is 48.6. The molecule has 4 aliphatic rings. The topological polar surface area (TPSA) is 40.5 Å². The van der Waals surface area contributed by atoms with Crippen LogP contribution in [0.4, 0.5) is 0 Å². The first-order valence-electron chi connectivity index (χ1n) is 11.8. The minimum absolute atomic E-state index is 0.0803. The molecule has 0 bridgehead atoms. The average molecular weight is 393 g/mol. The molecule has 4 fully saturated rings. The number of fused-ring (bicyclic) bond motifs is 5. The fraction of sp³-hybridized carbons (Fsp3) is 0.704. The minimum Gasteiger partial charge on any atom is -0.393 e. The molecule has 0 amide bonds. The fourth-order valence-corrected chi connectivity index (χ4v) is 8.15. The van der Waals surface area contributed by atoms with Gasteiger partial charge in [-0.3, -0.25) is 0 Å². The molecule has 2 heteroatoms. The largest absolute Gasteiger partial charge is 0.393 e. The highest BCUT2D eigenvalue weighted by atomic mass is 16.3. The van der Waals surface area contributed by atoms with Crippen LogP contribution in [0, 0.1) is 46.3 Å². The lowest BCUT2D eigenvalue weighted by molar-refractivity contribution is -0.144. The van der Waals surface area contributed by atoms with Crippen LogP contribution in [0.15, 0.2) is 30.3 Å². The summed E-state index contributed by atoms with van der Waals surface area (Å²) >= 11 is 0. The van der Waals surface area contributed by atoms with Gasteiger partial charge in [0.25, 0.3) is 0 Å². The van der Waals surface area contributed by atoms with Crippen molar-refractivity contribution in [1.29, 1.82) is 0 Å². The summed E-state index contributed by atoms with van der Waals surface area (Å²) in [6.45, 7) is 4.86. The van der Waals surface area contributed by atoms with Crippen molar-refractivity contribution in [3.05, 3.63) is 35.9 Å². The SMILES string of the molecule is C[C@]12CC[C@H](O)C[C@@H]1CC[C@H]1[C@H]3CC[C@](O)(C#Cc4ccccc4)[C@@]3(C)CC[C@@H]12. The van der Waals surface area contributed by atoms with Crippen molar-refractivity contribution in [2.75, 3.05) is 0 Å². The Hall–Kier alpha value is -1.30. The standard InChI is InChI=1S/C27H36O2/c1-25-14-11-21(28)18-20(25)8-9-22-23(25)12-15-26(2)24(22)13-17-27(26,29)16-10-19-6-4-3-5-7-19/h3-7,20-24,28-29H,8-9,11-15,17-18H2,1-2H3/t20-,21-,22+,23-,24+,25-,26-,27+/m0/s1. The zero-order chi connectivity index (χ0) is 20.3. The van der Waals surface area contributed by atoms with Crippen LogP contribution < -0.4 is 0 Å². The first-order chi connectivity index (χ1) is 13.9. The number of aliphatic hydroxyl groups is 2. The van der Waals surface area contributed by atoms with Crippen molar-refractivity contribution in [1.82, 2.24) is 0 Å². The molecule has 29 heavy (non-hydrogen) atoms. The van der Waals surface area contributed by atoms with Crippen LogP contribution in [0.2, 0.25) is 0 Å². The third-order valence-electron chi connectivity index (χ3n) is 9.98. The van der Waals surface area contributed by atoms with Crippen LogP contribution in [0.1, 0.15) is 77.2 Å². The monoisotopic (exact) mass is 392 g/mol. The van der Waals surface area contributed by atoms with Crippen molar-refractivity contribution < 1.29 is 10.2 Å². The number of benzene rings is 1. The lowest BCUT2D eigenvalue weighted by atomic mass is 9.44. The van der Waals surface area contributed by atoms with Gasteiger partial charge < -0.3 is 10.2 Å². The zero-order valence-corrected chi connectivity index (χ0v) is 18.0. The first-order valence-corrected chi connectivity index (χ1v) is 11.8. The molecular weight excluding hydrogens is 356 g/mol. The first kappa shape index (κ1) is 19.7. The summed E-state index contributed by atoms with van der Waals surface area (Å²) in [4.78, 5) is 0. The molecule has 0 saturated heterocycles. The van der Waals surface area contributed by atoms with Gasteiger partial charge in [0, 0.05) is 11.0 Å². The van der Waals surface area contributed by atoms with E-state index in [1.54, 1.807) is 0 Å². The van der Waals surface area contributed by atoms with Gasteiger partial charge in [0.15, 0.2) is 0 Å². The molecule has 0 aromatic heterocycles. The quantitative estimate of drug-likeness (QED) is 0.598. The van der Waals surface area contributed by atoms with Crippen LogP contribution in [0.3, 0.4) is 0 Å². The number of aliphatic hydroxyl groups excluding tert-OH is 1. The lowest BCUT2D eigenvalue weighted by Crippen LogP contribution is -2.56. The van der Waals surface area contributed by atoms with Crippen molar-refractivity contribution >= 4 is 0 Å². The van der Waals surface area contributed by atoms with E-state index in [1.807, 2.05) is 30.3 Å². The summed E-state index contributed by atoms with van der Waals surface area (Å²) in [5.41, 5.74) is 0.433. The van der Waals surface area contributed by atoms with Gasteiger partial charge >= 0.3 is 0 Å². The fourth-order valence-electron chi connectivity index (χ4n) is 8.15. The predicted molar refractivity (Wildman–Crippen MR) is 116 cm³/mol. The maximum atomic E-state index is 11.7. The van der Waals surface area contributed by atoms with Crippen LogP contribution in [0.5, 0.6) is 0 Å². The Labute approximate surface area is 176 Å². The third kappa shape index (κ3) is 2.92. The van der Waals surface area contributed by atoms with Gasteiger partial charge in [-0.2, -0.15) is 0 Å². The second-order valence-electron chi connectivity index (χ2n) is 11.1. The molecule has 1 aromatic carbocycles. The molecule has 5 rings (SSSR count). The summed E-state index contributed by atoms with van der Waals surface area (Å²) in [5, 5.41) is 21.9. The number of rotatable bonds is 0. The molecule has 4 saturated carbocycles. The number of hydrogen-bond acceptors (Lipinski definition) is 2. The molecule has 2 N–H and O–H groups in total. The van der Waals surface area contributed by atoms with E-state index in [0.717, 1.165) is 49.5 Å². The van der Waals surface area contributed by atoms with Crippen LogP contribution in [0.25, 0.3) is 0 Å². The summed E-state index contributed by atoms with van der Waals surface area (Å²) < 4.78 is 0. The lowest BCUT2D eigenvalue weighted by Gasteiger charge is -2.61. The summed E-state index contributed by atoms with van der Waals surface area (Å²) in [5.74, 6) is 9.40. The maximum absolute atomic E-state index is 11.7. The van der Waals surface area contributed by atoms with Crippen LogP contribution in [-0.2, 0) is 0 Å². The third-order valence-corrected chi connectivity index (χ3v) is 9.98. The molecule has 8 atom stereocenters. The van der Waals surface area contributed by atoms with E-state index in [0.29, 0.717) is 17.3 Å². The Balaban J connectivity index is 1.42. The van der Waals surface area contributed by atoms with Crippen LogP contribution >= 0.6 is 0 Å². The molecule has 0 heterocycles. The molecule has 0 aliphatic heterocycles. The molecular formula is C27H36O2. The van der Waals surface area contributed by atoms with Gasteiger partial charge in [-0.05, 0) is 99.0 Å². The zero-order valence-electron chi connectivity index (χ0n) is 18.0. The average Bonchev–Trinajstić information content (AvgIpc) is 2.99. The Morgan fingerprint density at radius 1 is 0.897 bits per heavy atom. The van der Waals surface area contributed by atoms with Gasteiger partial charge in [-0.25, -0.2) is 0 Å². The van der Waals surface area contributed by atoms with E-state index >= 15 is 0 Å². The maximum Gasteiger partial charge on any atom is 0.131 e. The summed E-state index contributed by atoms with van der Waals surface area (Å²) in [7, 11) is 0. The van der Waals surface area contributed by atoms with Crippen LogP contribution in [-0.4, -0.2) is 21.9 Å². The van der Waals surface area contributed by atoms with Gasteiger partial charge in [-0.1, -0.05) is 43.9 Å². The highest BCUT2D eigenvalue weighted by Crippen LogP contribution is 2.68. The Morgan fingerprint density at radius 2 is 1.66 bits per heavy atom. The van der Waals surface area contributed by atoms with Crippen molar-refractivity contribution in [2.45, 2.75) is 83.3 Å². The molecule has 4 aliphatic carbocycles. The van der Waals surface area contributed by atoms with Gasteiger partial charge in [0.1, 0.15) is 5.60 Å². The van der Waals surface area contributed by atoms with Crippen molar-refractivity contribution in [2.24, 2.45) is 34.5 Å². The Kier molecular flexibility index (Phi) is 4.65. The molecule has 0 radical (unpaired) electrons. The second-order valence-corrected chi connectivity index (χ2v) is 11.1. The summed E-state index contributed by atoms with van der Waals surface area (Å²) in [6, 6.07) is 10.1. The molecule has 0 unspecified atom stereocenters. The molecule has 2 nitrogen and oxygen atoms in total. The second kappa shape index (κ2) is 6.86. The Morgan fingerprint density at radius 3 is 2.45 bits per heavy atom. The molecule has 156 valence electrons. The highest BCUT2D eigenvalue weighted by molar-refractivity contribution is 5.38. The molecule has 1 aromatic rings. The molecule has 0 spiro atoms.